The second-order valence-electron chi connectivity index (χ2n) is 5.62. The standard InChI is InChI=1S/C20H12ClFN2OS/c21-15-9-4-10-16(22)18(15)19(25)24-20-23-17(11-26-20)14-8-3-6-12-5-1-2-7-13(12)14/h1-11H,(H,23,24,25). The number of nitrogens with one attached hydrogen (secondary N) is 1. The predicted molar refractivity (Wildman–Crippen MR) is 104 cm³/mol. The summed E-state index contributed by atoms with van der Waals surface area (Å²) in [4.78, 5) is 16.8. The molecule has 128 valence electrons. The van der Waals surface area contributed by atoms with Crippen LogP contribution in [0.25, 0.3) is 22.0 Å². The average molecular weight is 383 g/mol. The van der Waals surface area contributed by atoms with Crippen molar-refractivity contribution in [2.45, 2.75) is 0 Å². The smallest absolute Gasteiger partial charge is 0.261 e. The molecular weight excluding hydrogens is 371 g/mol. The number of thiazole rings is 1. The second kappa shape index (κ2) is 6.86. The molecule has 1 heterocycles. The van der Waals surface area contributed by atoms with Crippen molar-refractivity contribution >= 4 is 44.7 Å². The molecule has 0 aliphatic heterocycles. The van der Waals surface area contributed by atoms with Crippen molar-refractivity contribution in [3.8, 4) is 11.3 Å². The zero-order chi connectivity index (χ0) is 18.1. The maximum absolute atomic E-state index is 13.9. The molecule has 0 atom stereocenters. The third-order valence-electron chi connectivity index (χ3n) is 3.98. The van der Waals surface area contributed by atoms with Gasteiger partial charge in [-0.2, -0.15) is 0 Å². The van der Waals surface area contributed by atoms with Crippen molar-refractivity contribution in [1.82, 2.24) is 4.98 Å². The topological polar surface area (TPSA) is 42.0 Å². The summed E-state index contributed by atoms with van der Waals surface area (Å²) in [6.45, 7) is 0. The van der Waals surface area contributed by atoms with E-state index >= 15 is 0 Å². The highest BCUT2D eigenvalue weighted by molar-refractivity contribution is 7.14. The van der Waals surface area contributed by atoms with Crippen LogP contribution in [-0.4, -0.2) is 10.9 Å². The van der Waals surface area contributed by atoms with Crippen molar-refractivity contribution in [1.29, 1.82) is 0 Å². The van der Waals surface area contributed by atoms with Crippen molar-refractivity contribution in [2.24, 2.45) is 0 Å². The lowest BCUT2D eigenvalue weighted by Crippen LogP contribution is -2.14. The van der Waals surface area contributed by atoms with E-state index in [0.29, 0.717) is 5.13 Å². The van der Waals surface area contributed by atoms with Gasteiger partial charge in [0.25, 0.3) is 5.91 Å². The number of benzene rings is 3. The number of fused-ring (bicyclic) bond motifs is 1. The summed E-state index contributed by atoms with van der Waals surface area (Å²) in [5, 5.41) is 7.12. The molecule has 0 aliphatic carbocycles. The lowest BCUT2D eigenvalue weighted by Gasteiger charge is -2.05. The SMILES string of the molecule is O=C(Nc1nc(-c2cccc3ccccc23)cs1)c1c(F)cccc1Cl. The number of halogens is 2. The van der Waals surface area contributed by atoms with Crippen LogP contribution in [0, 0.1) is 5.82 Å². The van der Waals surface area contributed by atoms with Crippen LogP contribution in [0.5, 0.6) is 0 Å². The van der Waals surface area contributed by atoms with Gasteiger partial charge in [0, 0.05) is 10.9 Å². The molecule has 26 heavy (non-hydrogen) atoms. The van der Waals surface area contributed by atoms with Crippen LogP contribution in [0.3, 0.4) is 0 Å². The zero-order valence-corrected chi connectivity index (χ0v) is 14.9. The molecule has 4 rings (SSSR count). The molecule has 4 aromatic rings. The summed E-state index contributed by atoms with van der Waals surface area (Å²) in [5.41, 5.74) is 1.54. The molecule has 1 amide bonds. The number of rotatable bonds is 3. The van der Waals surface area contributed by atoms with Gasteiger partial charge in [-0.3, -0.25) is 10.1 Å². The van der Waals surface area contributed by atoms with E-state index in [1.165, 1.54) is 29.5 Å². The molecule has 0 saturated carbocycles. The summed E-state index contributed by atoms with van der Waals surface area (Å²) in [6, 6.07) is 18.1. The van der Waals surface area contributed by atoms with E-state index in [4.69, 9.17) is 11.6 Å². The monoisotopic (exact) mass is 382 g/mol. The number of carbonyl (C=O) groups excluding carboxylic acids is 1. The Morgan fingerprint density at radius 3 is 2.65 bits per heavy atom. The van der Waals surface area contributed by atoms with Crippen LogP contribution in [0.2, 0.25) is 5.02 Å². The normalized spacial score (nSPS) is 10.8. The van der Waals surface area contributed by atoms with Gasteiger partial charge in [-0.15, -0.1) is 11.3 Å². The molecule has 3 aromatic carbocycles. The molecule has 1 aromatic heterocycles. The highest BCUT2D eigenvalue weighted by atomic mass is 35.5. The third-order valence-corrected chi connectivity index (χ3v) is 5.05. The quantitative estimate of drug-likeness (QED) is 0.471. The fourth-order valence-corrected chi connectivity index (χ4v) is 3.73. The number of hydrogen-bond donors (Lipinski definition) is 1. The number of carbonyl (C=O) groups is 1. The Labute approximate surface area is 158 Å². The van der Waals surface area contributed by atoms with Gasteiger partial charge in [0.05, 0.1) is 16.3 Å². The Morgan fingerprint density at radius 1 is 1.04 bits per heavy atom. The first-order valence-corrected chi connectivity index (χ1v) is 9.08. The van der Waals surface area contributed by atoms with Crippen LogP contribution in [0.4, 0.5) is 9.52 Å². The molecule has 0 unspecified atom stereocenters. The Hall–Kier alpha value is -2.76. The maximum Gasteiger partial charge on any atom is 0.261 e. The summed E-state index contributed by atoms with van der Waals surface area (Å²) in [6.07, 6.45) is 0. The summed E-state index contributed by atoms with van der Waals surface area (Å²) < 4.78 is 13.9. The van der Waals surface area contributed by atoms with Gasteiger partial charge < -0.3 is 0 Å². The fraction of sp³-hybridized carbons (Fsp3) is 0. The number of anilines is 1. The number of aromatic nitrogens is 1. The van der Waals surface area contributed by atoms with Crippen LogP contribution in [0.1, 0.15) is 10.4 Å². The first-order chi connectivity index (χ1) is 12.6. The van der Waals surface area contributed by atoms with E-state index in [-0.39, 0.29) is 10.6 Å². The predicted octanol–water partition coefficient (Wildman–Crippen LogP) is 6.01. The Balaban J connectivity index is 1.65. The molecule has 1 N–H and O–H groups in total. The van der Waals surface area contributed by atoms with E-state index in [1.54, 1.807) is 0 Å². The molecule has 0 aliphatic rings. The van der Waals surface area contributed by atoms with Crippen LogP contribution in [-0.2, 0) is 0 Å². The number of nitrogens with zero attached hydrogens (tertiary/aromatic N) is 1. The first kappa shape index (κ1) is 16.7. The Bertz CT molecular complexity index is 1100. The Kier molecular flexibility index (Phi) is 4.41. The van der Waals surface area contributed by atoms with Gasteiger partial charge in [0.2, 0.25) is 0 Å². The van der Waals surface area contributed by atoms with Gasteiger partial charge >= 0.3 is 0 Å². The Morgan fingerprint density at radius 2 is 1.81 bits per heavy atom. The zero-order valence-electron chi connectivity index (χ0n) is 13.4. The number of hydrogen-bond acceptors (Lipinski definition) is 3. The van der Waals surface area contributed by atoms with Gasteiger partial charge in [0.1, 0.15) is 5.82 Å². The first-order valence-electron chi connectivity index (χ1n) is 7.82. The molecular formula is C20H12ClFN2OS. The summed E-state index contributed by atoms with van der Waals surface area (Å²) in [5.74, 6) is -1.28. The molecule has 0 saturated heterocycles. The lowest BCUT2D eigenvalue weighted by molar-refractivity contribution is 0.102. The molecule has 0 radical (unpaired) electrons. The molecule has 0 bridgehead atoms. The van der Waals surface area contributed by atoms with E-state index < -0.39 is 11.7 Å². The highest BCUT2D eigenvalue weighted by Crippen LogP contribution is 2.31. The van der Waals surface area contributed by atoms with Gasteiger partial charge in [-0.25, -0.2) is 9.37 Å². The van der Waals surface area contributed by atoms with E-state index in [9.17, 15) is 9.18 Å². The van der Waals surface area contributed by atoms with Gasteiger partial charge in [-0.05, 0) is 22.9 Å². The second-order valence-corrected chi connectivity index (χ2v) is 6.88. The van der Waals surface area contributed by atoms with Crippen LogP contribution >= 0.6 is 22.9 Å². The van der Waals surface area contributed by atoms with E-state index in [2.05, 4.69) is 10.3 Å². The number of amides is 1. The lowest BCUT2D eigenvalue weighted by atomic mass is 10.0. The third kappa shape index (κ3) is 3.07. The summed E-state index contributed by atoms with van der Waals surface area (Å²) in [7, 11) is 0. The molecule has 3 nitrogen and oxygen atoms in total. The fourth-order valence-electron chi connectivity index (χ4n) is 2.78. The van der Waals surface area contributed by atoms with Crippen molar-refractivity contribution in [2.75, 3.05) is 5.32 Å². The van der Waals surface area contributed by atoms with Gasteiger partial charge in [-0.1, -0.05) is 60.1 Å². The van der Waals surface area contributed by atoms with Crippen molar-refractivity contribution < 1.29 is 9.18 Å². The molecule has 6 heteroatoms. The minimum Gasteiger partial charge on any atom is -0.298 e. The largest absolute Gasteiger partial charge is 0.298 e. The average Bonchev–Trinajstić information content (AvgIpc) is 3.09. The van der Waals surface area contributed by atoms with Crippen LogP contribution < -0.4 is 5.32 Å². The highest BCUT2D eigenvalue weighted by Gasteiger charge is 2.17. The minimum absolute atomic E-state index is 0.0633. The molecule has 0 fully saturated rings. The van der Waals surface area contributed by atoms with Crippen molar-refractivity contribution in [3.63, 3.8) is 0 Å². The molecule has 0 spiro atoms. The minimum atomic E-state index is -0.666. The summed E-state index contributed by atoms with van der Waals surface area (Å²) >= 11 is 7.22. The van der Waals surface area contributed by atoms with Crippen LogP contribution in [0.15, 0.2) is 66.0 Å². The maximum atomic E-state index is 13.9. The van der Waals surface area contributed by atoms with E-state index in [1.807, 2.05) is 47.8 Å². The van der Waals surface area contributed by atoms with Gasteiger partial charge in [0.15, 0.2) is 5.13 Å². The van der Waals surface area contributed by atoms with E-state index in [0.717, 1.165) is 22.0 Å². The van der Waals surface area contributed by atoms with Crippen molar-refractivity contribution in [3.05, 3.63) is 82.4 Å².